The summed E-state index contributed by atoms with van der Waals surface area (Å²) in [5.41, 5.74) is 0.269. The first-order valence-corrected chi connectivity index (χ1v) is 7.23. The van der Waals surface area contributed by atoms with Gasteiger partial charge < -0.3 is 19.9 Å². The Morgan fingerprint density at radius 1 is 1.24 bits per heavy atom. The predicted molar refractivity (Wildman–Crippen MR) is 79.0 cm³/mol. The van der Waals surface area contributed by atoms with Gasteiger partial charge in [0.2, 0.25) is 0 Å². The fraction of sp³-hybridized carbons (Fsp3) is 0.533. The van der Waals surface area contributed by atoms with Crippen molar-refractivity contribution in [3.05, 3.63) is 29.8 Å². The number of aromatic carboxylic acids is 1. The fourth-order valence-electron chi connectivity index (χ4n) is 2.12. The normalized spacial score (nSPS) is 15.8. The number of carbonyl (C=O) groups is 1. The zero-order chi connectivity index (χ0) is 14.9. The summed E-state index contributed by atoms with van der Waals surface area (Å²) in [7, 11) is 0. The minimum Gasteiger partial charge on any atom is -0.492 e. The lowest BCUT2D eigenvalue weighted by Crippen LogP contribution is -2.40. The molecular formula is C15H22N2O4. The van der Waals surface area contributed by atoms with Crippen molar-refractivity contribution in [3.8, 4) is 5.75 Å². The summed E-state index contributed by atoms with van der Waals surface area (Å²) in [5.74, 6) is -0.235. The van der Waals surface area contributed by atoms with E-state index in [9.17, 15) is 4.79 Å². The van der Waals surface area contributed by atoms with Crippen molar-refractivity contribution in [2.24, 2.45) is 0 Å². The molecule has 0 unspecified atom stereocenters. The van der Waals surface area contributed by atoms with Crippen LogP contribution in [0.25, 0.3) is 0 Å². The van der Waals surface area contributed by atoms with Gasteiger partial charge in [-0.3, -0.25) is 4.90 Å². The average molecular weight is 294 g/mol. The molecule has 2 N–H and O–H groups in total. The van der Waals surface area contributed by atoms with Crippen LogP contribution < -0.4 is 10.1 Å². The molecule has 1 aromatic carbocycles. The first kappa shape index (κ1) is 15.8. The van der Waals surface area contributed by atoms with Gasteiger partial charge in [-0.1, -0.05) is 0 Å². The second-order valence-corrected chi connectivity index (χ2v) is 4.88. The van der Waals surface area contributed by atoms with E-state index in [1.54, 1.807) is 24.3 Å². The van der Waals surface area contributed by atoms with Crippen molar-refractivity contribution in [2.75, 3.05) is 52.5 Å². The van der Waals surface area contributed by atoms with Crippen LogP contribution >= 0.6 is 0 Å². The molecule has 0 radical (unpaired) electrons. The molecule has 0 atom stereocenters. The molecule has 6 nitrogen and oxygen atoms in total. The largest absolute Gasteiger partial charge is 0.492 e. The minimum absolute atomic E-state index is 0.269. The standard InChI is InChI=1S/C15H22N2O4/c18-15(19)13-1-3-14(4-2-13)21-10-6-16-5-7-17-8-11-20-12-9-17/h1-4,16H,5-12H2,(H,18,19). The summed E-state index contributed by atoms with van der Waals surface area (Å²) < 4.78 is 10.8. The van der Waals surface area contributed by atoms with Crippen LogP contribution in [-0.4, -0.2) is 68.5 Å². The van der Waals surface area contributed by atoms with Crippen molar-refractivity contribution < 1.29 is 19.4 Å². The van der Waals surface area contributed by atoms with Crippen LogP contribution in [0.1, 0.15) is 10.4 Å². The highest BCUT2D eigenvalue weighted by Gasteiger charge is 2.08. The predicted octanol–water partition coefficient (Wildman–Crippen LogP) is 0.685. The zero-order valence-corrected chi connectivity index (χ0v) is 12.1. The van der Waals surface area contributed by atoms with Gasteiger partial charge in [-0.15, -0.1) is 0 Å². The third-order valence-electron chi connectivity index (χ3n) is 3.36. The van der Waals surface area contributed by atoms with Crippen LogP contribution in [0.3, 0.4) is 0 Å². The Bertz CT molecular complexity index is 430. The fourth-order valence-corrected chi connectivity index (χ4v) is 2.12. The average Bonchev–Trinajstić information content (AvgIpc) is 2.52. The van der Waals surface area contributed by atoms with E-state index in [-0.39, 0.29) is 5.56 Å². The van der Waals surface area contributed by atoms with Gasteiger partial charge in [-0.2, -0.15) is 0 Å². The van der Waals surface area contributed by atoms with Crippen LogP contribution in [-0.2, 0) is 4.74 Å². The van der Waals surface area contributed by atoms with Gasteiger partial charge in [0.25, 0.3) is 0 Å². The van der Waals surface area contributed by atoms with E-state index in [1.165, 1.54) is 0 Å². The molecule has 0 amide bonds. The Morgan fingerprint density at radius 3 is 2.62 bits per heavy atom. The van der Waals surface area contributed by atoms with Crippen LogP contribution in [0.2, 0.25) is 0 Å². The van der Waals surface area contributed by atoms with Gasteiger partial charge in [0.1, 0.15) is 12.4 Å². The lowest BCUT2D eigenvalue weighted by atomic mass is 10.2. The maximum Gasteiger partial charge on any atom is 0.335 e. The number of morpholine rings is 1. The molecule has 0 aromatic heterocycles. The molecule has 21 heavy (non-hydrogen) atoms. The lowest BCUT2D eigenvalue weighted by Gasteiger charge is -2.26. The maximum atomic E-state index is 10.7. The van der Waals surface area contributed by atoms with E-state index in [0.29, 0.717) is 12.4 Å². The molecule has 0 saturated carbocycles. The number of carboxylic acids is 1. The van der Waals surface area contributed by atoms with Crippen LogP contribution in [0, 0.1) is 0 Å². The van der Waals surface area contributed by atoms with E-state index < -0.39 is 5.97 Å². The molecule has 0 aliphatic carbocycles. The van der Waals surface area contributed by atoms with Crippen molar-refractivity contribution in [2.45, 2.75) is 0 Å². The second-order valence-electron chi connectivity index (χ2n) is 4.88. The van der Waals surface area contributed by atoms with Crippen molar-refractivity contribution in [3.63, 3.8) is 0 Å². The quantitative estimate of drug-likeness (QED) is 0.687. The highest BCUT2D eigenvalue weighted by molar-refractivity contribution is 5.87. The van der Waals surface area contributed by atoms with Gasteiger partial charge in [0.15, 0.2) is 0 Å². The summed E-state index contributed by atoms with van der Waals surface area (Å²) >= 11 is 0. The molecule has 1 saturated heterocycles. The molecule has 116 valence electrons. The number of benzene rings is 1. The smallest absolute Gasteiger partial charge is 0.335 e. The Morgan fingerprint density at radius 2 is 1.95 bits per heavy atom. The Balaban J connectivity index is 1.54. The highest BCUT2D eigenvalue weighted by Crippen LogP contribution is 2.11. The monoisotopic (exact) mass is 294 g/mol. The molecule has 1 aliphatic rings. The number of rotatable bonds is 8. The van der Waals surface area contributed by atoms with Crippen molar-refractivity contribution >= 4 is 5.97 Å². The Kier molecular flexibility index (Phi) is 6.46. The number of hydrogen-bond acceptors (Lipinski definition) is 5. The van der Waals surface area contributed by atoms with Crippen molar-refractivity contribution in [1.82, 2.24) is 10.2 Å². The molecule has 1 fully saturated rings. The van der Waals surface area contributed by atoms with Crippen LogP contribution in [0.5, 0.6) is 5.75 Å². The van der Waals surface area contributed by atoms with E-state index in [2.05, 4.69) is 10.2 Å². The number of carboxylic acid groups (broad SMARTS) is 1. The zero-order valence-electron chi connectivity index (χ0n) is 12.1. The molecular weight excluding hydrogens is 272 g/mol. The maximum absolute atomic E-state index is 10.7. The number of nitrogens with zero attached hydrogens (tertiary/aromatic N) is 1. The summed E-state index contributed by atoms with van der Waals surface area (Å²) in [6.45, 7) is 6.96. The first-order valence-electron chi connectivity index (χ1n) is 7.23. The van der Waals surface area contributed by atoms with Gasteiger partial charge in [-0.25, -0.2) is 4.79 Å². The van der Waals surface area contributed by atoms with Gasteiger partial charge >= 0.3 is 5.97 Å². The lowest BCUT2D eigenvalue weighted by molar-refractivity contribution is 0.0383. The summed E-state index contributed by atoms with van der Waals surface area (Å²) in [6, 6.07) is 6.45. The Hall–Kier alpha value is -1.63. The number of ether oxygens (including phenoxy) is 2. The molecule has 1 aliphatic heterocycles. The number of nitrogens with one attached hydrogen (secondary N) is 1. The molecule has 2 rings (SSSR count). The minimum atomic E-state index is -0.925. The van der Waals surface area contributed by atoms with Gasteiger partial charge in [0.05, 0.1) is 18.8 Å². The summed E-state index contributed by atoms with van der Waals surface area (Å²) in [4.78, 5) is 13.1. The molecule has 6 heteroatoms. The van der Waals surface area contributed by atoms with E-state index in [4.69, 9.17) is 14.6 Å². The third-order valence-corrected chi connectivity index (χ3v) is 3.36. The second kappa shape index (κ2) is 8.61. The van der Waals surface area contributed by atoms with E-state index in [1.807, 2.05) is 0 Å². The molecule has 1 aromatic rings. The highest BCUT2D eigenvalue weighted by atomic mass is 16.5. The topological polar surface area (TPSA) is 71.0 Å². The van der Waals surface area contributed by atoms with E-state index >= 15 is 0 Å². The van der Waals surface area contributed by atoms with Gasteiger partial charge in [0, 0.05) is 32.7 Å². The van der Waals surface area contributed by atoms with E-state index in [0.717, 1.165) is 45.9 Å². The Labute approximate surface area is 124 Å². The number of hydrogen-bond donors (Lipinski definition) is 2. The first-order chi connectivity index (χ1) is 10.3. The third kappa shape index (κ3) is 5.71. The van der Waals surface area contributed by atoms with Crippen molar-refractivity contribution in [1.29, 1.82) is 0 Å². The summed E-state index contributed by atoms with van der Waals surface area (Å²) in [6.07, 6.45) is 0. The van der Waals surface area contributed by atoms with Crippen LogP contribution in [0.4, 0.5) is 0 Å². The molecule has 1 heterocycles. The summed E-state index contributed by atoms with van der Waals surface area (Å²) in [5, 5.41) is 12.1. The molecule has 0 spiro atoms. The SMILES string of the molecule is O=C(O)c1ccc(OCCNCCN2CCOCC2)cc1. The van der Waals surface area contributed by atoms with Gasteiger partial charge in [-0.05, 0) is 24.3 Å². The molecule has 0 bridgehead atoms. The van der Waals surface area contributed by atoms with Crippen LogP contribution in [0.15, 0.2) is 24.3 Å².